The maximum absolute atomic E-state index is 11.8. The van der Waals surface area contributed by atoms with E-state index in [9.17, 15) is 4.79 Å². The topological polar surface area (TPSA) is 79.5 Å². The molecule has 0 radical (unpaired) electrons. The van der Waals surface area contributed by atoms with Crippen LogP contribution in [0.3, 0.4) is 0 Å². The van der Waals surface area contributed by atoms with Crippen molar-refractivity contribution in [1.29, 1.82) is 0 Å². The van der Waals surface area contributed by atoms with Gasteiger partial charge in [-0.15, -0.1) is 0 Å². The minimum Gasteiger partial charge on any atom is -0.444 e. The number of nitrogens with one attached hydrogen (secondary N) is 2. The molecular formula is C24H40N4O3. The predicted octanol–water partition coefficient (Wildman–Crippen LogP) is 4.43. The van der Waals surface area contributed by atoms with Gasteiger partial charge in [0.2, 0.25) is 0 Å². The lowest BCUT2D eigenvalue weighted by Crippen LogP contribution is -2.36. The minimum atomic E-state index is -0.482. The van der Waals surface area contributed by atoms with Gasteiger partial charge in [-0.1, -0.05) is 19.9 Å². The second kappa shape index (κ2) is 8.94. The molecule has 1 atom stereocenters. The van der Waals surface area contributed by atoms with Crippen molar-refractivity contribution in [3.05, 3.63) is 23.0 Å². The van der Waals surface area contributed by atoms with E-state index in [-0.39, 0.29) is 17.1 Å². The molecule has 2 heterocycles. The Labute approximate surface area is 186 Å². The first-order valence-corrected chi connectivity index (χ1v) is 11.4. The number of aromatic amines is 1. The number of aromatic nitrogens is 2. The van der Waals surface area contributed by atoms with Crippen LogP contribution in [0.5, 0.6) is 0 Å². The van der Waals surface area contributed by atoms with E-state index < -0.39 is 5.60 Å². The molecule has 0 saturated carbocycles. The Morgan fingerprint density at radius 2 is 2.13 bits per heavy atom. The number of rotatable bonds is 6. The van der Waals surface area contributed by atoms with E-state index in [0.717, 1.165) is 56.8 Å². The number of H-pyrrole nitrogens is 1. The molecule has 7 nitrogen and oxygen atoms in total. The summed E-state index contributed by atoms with van der Waals surface area (Å²) in [6.45, 7) is 15.2. The maximum Gasteiger partial charge on any atom is 0.407 e. The second-order valence-corrected chi connectivity index (χ2v) is 11.1. The number of carbonyl (C=O) groups excluding carboxylic acids is 1. The molecule has 0 aromatic carbocycles. The average Bonchev–Trinajstić information content (AvgIpc) is 3.14. The molecule has 31 heavy (non-hydrogen) atoms. The normalized spacial score (nSPS) is 23.3. The summed E-state index contributed by atoms with van der Waals surface area (Å²) in [7, 11) is 2.06. The molecule has 7 heteroatoms. The number of likely N-dealkylation sites (N-methyl/N-ethyl adjacent to an activating group) is 1. The number of ether oxygens (including phenoxy) is 2. The molecular weight excluding hydrogens is 392 g/mol. The van der Waals surface area contributed by atoms with Crippen LogP contribution in [-0.2, 0) is 16.0 Å². The molecule has 1 unspecified atom stereocenters. The molecule has 1 aliphatic carbocycles. The zero-order valence-corrected chi connectivity index (χ0v) is 20.4. The van der Waals surface area contributed by atoms with Crippen molar-refractivity contribution in [2.24, 2.45) is 5.41 Å². The number of nitrogens with zero attached hydrogens (tertiary/aromatic N) is 2. The number of carbonyl (C=O) groups is 1. The van der Waals surface area contributed by atoms with Gasteiger partial charge in [0.25, 0.3) is 0 Å². The number of hydrogen-bond donors (Lipinski definition) is 2. The van der Waals surface area contributed by atoms with E-state index in [4.69, 9.17) is 9.47 Å². The van der Waals surface area contributed by atoms with Gasteiger partial charge in [0.15, 0.2) is 0 Å². The Bertz CT molecular complexity index is 821. The third kappa shape index (κ3) is 6.32. The summed E-state index contributed by atoms with van der Waals surface area (Å²) in [5, 5.41) is 10.6. The van der Waals surface area contributed by atoms with Crippen LogP contribution in [0.1, 0.15) is 77.3 Å². The number of hydrogen-bond acceptors (Lipinski definition) is 5. The molecule has 174 valence electrons. The molecule has 0 bridgehead atoms. The van der Waals surface area contributed by atoms with Crippen LogP contribution < -0.4 is 5.32 Å². The van der Waals surface area contributed by atoms with Crippen molar-refractivity contribution in [3.63, 3.8) is 0 Å². The Morgan fingerprint density at radius 3 is 2.71 bits per heavy atom. The highest BCUT2D eigenvalue weighted by atomic mass is 16.6. The van der Waals surface area contributed by atoms with E-state index in [1.807, 2.05) is 20.8 Å². The lowest BCUT2D eigenvalue weighted by molar-refractivity contribution is -0.00368. The zero-order chi connectivity index (χ0) is 22.9. The highest BCUT2D eigenvalue weighted by molar-refractivity contribution is 5.68. The summed E-state index contributed by atoms with van der Waals surface area (Å²) in [5.74, 6) is 0. The Balaban J connectivity index is 1.56. The van der Waals surface area contributed by atoms with Gasteiger partial charge in [0, 0.05) is 30.9 Å². The van der Waals surface area contributed by atoms with E-state index in [1.165, 1.54) is 11.1 Å². The van der Waals surface area contributed by atoms with Crippen molar-refractivity contribution >= 4 is 11.7 Å². The van der Waals surface area contributed by atoms with E-state index in [2.05, 4.69) is 54.3 Å². The summed E-state index contributed by atoms with van der Waals surface area (Å²) >= 11 is 0. The van der Waals surface area contributed by atoms with Gasteiger partial charge >= 0.3 is 6.09 Å². The van der Waals surface area contributed by atoms with E-state index in [0.29, 0.717) is 6.54 Å². The monoisotopic (exact) mass is 432 g/mol. The molecule has 2 N–H and O–H groups in total. The minimum absolute atomic E-state index is 0.0165. The summed E-state index contributed by atoms with van der Waals surface area (Å²) in [5.41, 5.74) is 4.54. The van der Waals surface area contributed by atoms with Crippen LogP contribution in [-0.4, -0.2) is 59.1 Å². The molecule has 1 fully saturated rings. The number of aryl methyl sites for hydroxylation is 1. The maximum atomic E-state index is 11.8. The van der Waals surface area contributed by atoms with Crippen molar-refractivity contribution in [3.8, 4) is 0 Å². The highest BCUT2D eigenvalue weighted by Crippen LogP contribution is 2.47. The van der Waals surface area contributed by atoms with Crippen LogP contribution in [0.15, 0.2) is 6.08 Å². The third-order valence-corrected chi connectivity index (χ3v) is 6.11. The quantitative estimate of drug-likeness (QED) is 0.695. The lowest BCUT2D eigenvalue weighted by atomic mass is 9.76. The molecule has 3 rings (SSSR count). The van der Waals surface area contributed by atoms with Gasteiger partial charge in [0.05, 0.1) is 17.9 Å². The van der Waals surface area contributed by atoms with Gasteiger partial charge in [-0.2, -0.15) is 5.10 Å². The first kappa shape index (κ1) is 23.8. The predicted molar refractivity (Wildman–Crippen MR) is 123 cm³/mol. The van der Waals surface area contributed by atoms with Crippen LogP contribution in [0.25, 0.3) is 5.57 Å². The van der Waals surface area contributed by atoms with Gasteiger partial charge in [-0.3, -0.25) is 5.10 Å². The fraction of sp³-hybridized carbons (Fsp3) is 0.750. The van der Waals surface area contributed by atoms with Crippen molar-refractivity contribution in [1.82, 2.24) is 20.4 Å². The summed E-state index contributed by atoms with van der Waals surface area (Å²) in [6, 6.07) is 0. The fourth-order valence-corrected chi connectivity index (χ4v) is 4.63. The molecule has 1 saturated heterocycles. The Morgan fingerprint density at radius 1 is 1.39 bits per heavy atom. The van der Waals surface area contributed by atoms with Crippen molar-refractivity contribution in [2.75, 3.05) is 26.7 Å². The first-order chi connectivity index (χ1) is 14.4. The van der Waals surface area contributed by atoms with Crippen molar-refractivity contribution < 1.29 is 14.3 Å². The average molecular weight is 433 g/mol. The molecule has 2 aliphatic rings. The fourth-order valence-electron chi connectivity index (χ4n) is 4.63. The Kier molecular flexibility index (Phi) is 6.87. The van der Waals surface area contributed by atoms with Gasteiger partial charge in [-0.25, -0.2) is 4.79 Å². The summed E-state index contributed by atoms with van der Waals surface area (Å²) in [4.78, 5) is 14.0. The lowest BCUT2D eigenvalue weighted by Gasteiger charge is -2.32. The molecule has 1 aromatic rings. The van der Waals surface area contributed by atoms with Gasteiger partial charge in [-0.05, 0) is 71.4 Å². The first-order valence-electron chi connectivity index (χ1n) is 11.4. The largest absolute Gasteiger partial charge is 0.444 e. The van der Waals surface area contributed by atoms with Crippen LogP contribution in [0.2, 0.25) is 0 Å². The summed E-state index contributed by atoms with van der Waals surface area (Å²) in [6.07, 6.45) is 6.12. The number of allylic oxidation sites excluding steroid dienone is 1. The highest BCUT2D eigenvalue weighted by Gasteiger charge is 2.45. The van der Waals surface area contributed by atoms with Crippen LogP contribution >= 0.6 is 0 Å². The van der Waals surface area contributed by atoms with Crippen molar-refractivity contribution in [2.45, 2.75) is 85.0 Å². The second-order valence-electron chi connectivity index (χ2n) is 11.1. The standard InChI is InChI=1S/C24H40N4O3/c1-17-19(14-28(7)13-12-25-21(29)31-22(2,3)4)20(27-26-17)18-8-10-24(11-9-18)15-23(5,6)16-30-24/h8H,9-16H2,1-7H3,(H,25,29)(H,26,27). The number of alkyl carbamates (subject to hydrolysis) is 1. The molecule has 1 aromatic heterocycles. The zero-order valence-electron chi connectivity index (χ0n) is 20.4. The SMILES string of the molecule is Cc1[nH]nc(C2=CCC3(CC2)CC(C)(C)CO3)c1CN(C)CCNC(=O)OC(C)(C)C. The smallest absolute Gasteiger partial charge is 0.407 e. The molecule has 1 spiro atoms. The van der Waals surface area contributed by atoms with E-state index in [1.54, 1.807) is 0 Å². The van der Waals surface area contributed by atoms with Gasteiger partial charge in [0.1, 0.15) is 5.60 Å². The molecule has 1 aliphatic heterocycles. The molecule has 1 amide bonds. The number of amides is 1. The summed E-state index contributed by atoms with van der Waals surface area (Å²) < 4.78 is 11.5. The van der Waals surface area contributed by atoms with Crippen LogP contribution in [0, 0.1) is 12.3 Å². The van der Waals surface area contributed by atoms with E-state index >= 15 is 0 Å². The van der Waals surface area contributed by atoms with Crippen LogP contribution in [0.4, 0.5) is 4.79 Å². The van der Waals surface area contributed by atoms with Gasteiger partial charge < -0.3 is 19.7 Å². The third-order valence-electron chi connectivity index (χ3n) is 6.11. The Hall–Kier alpha value is -1.86.